The van der Waals surface area contributed by atoms with Gasteiger partial charge in [0, 0.05) is 36.3 Å². The highest BCUT2D eigenvalue weighted by Crippen LogP contribution is 2.31. The van der Waals surface area contributed by atoms with E-state index in [2.05, 4.69) is 65.3 Å². The van der Waals surface area contributed by atoms with Crippen LogP contribution in [0.3, 0.4) is 0 Å². The van der Waals surface area contributed by atoms with Crippen molar-refractivity contribution in [1.29, 1.82) is 0 Å². The van der Waals surface area contributed by atoms with Crippen LogP contribution in [0.4, 0.5) is 0 Å². The lowest BCUT2D eigenvalue weighted by Gasteiger charge is -2.17. The van der Waals surface area contributed by atoms with E-state index in [9.17, 15) is 0 Å². The van der Waals surface area contributed by atoms with Gasteiger partial charge in [0.25, 0.3) is 0 Å². The van der Waals surface area contributed by atoms with Gasteiger partial charge in [-0.1, -0.05) is 30.3 Å². The number of benzene rings is 2. The second-order valence-electron chi connectivity index (χ2n) is 5.54. The van der Waals surface area contributed by atoms with Crippen molar-refractivity contribution >= 4 is 10.9 Å². The molecule has 3 aromatic rings. The Morgan fingerprint density at radius 2 is 1.95 bits per heavy atom. The molecular formula is C18H18N2. The Labute approximate surface area is 119 Å². The third kappa shape index (κ3) is 1.69. The van der Waals surface area contributed by atoms with Crippen molar-refractivity contribution in [2.24, 2.45) is 0 Å². The minimum Gasteiger partial charge on any atom is -0.313 e. The van der Waals surface area contributed by atoms with Crippen LogP contribution in [0.15, 0.2) is 48.5 Å². The summed E-state index contributed by atoms with van der Waals surface area (Å²) in [5.74, 6) is 0. The number of aromatic nitrogens is 1. The normalized spacial score (nSPS) is 14.4. The minimum atomic E-state index is 0.981. The first-order valence-corrected chi connectivity index (χ1v) is 7.23. The van der Waals surface area contributed by atoms with Gasteiger partial charge in [0.2, 0.25) is 0 Å². The molecule has 1 aliphatic heterocycles. The third-order valence-corrected chi connectivity index (χ3v) is 4.19. The van der Waals surface area contributed by atoms with Gasteiger partial charge >= 0.3 is 0 Å². The van der Waals surface area contributed by atoms with Gasteiger partial charge in [-0.2, -0.15) is 0 Å². The van der Waals surface area contributed by atoms with Crippen molar-refractivity contribution in [3.8, 4) is 5.69 Å². The number of nitrogens with one attached hydrogen (secondary N) is 1. The summed E-state index contributed by atoms with van der Waals surface area (Å²) in [7, 11) is 0. The summed E-state index contributed by atoms with van der Waals surface area (Å²) >= 11 is 0. The lowest BCUT2D eigenvalue weighted by molar-refractivity contribution is 0.631. The molecule has 0 saturated carbocycles. The van der Waals surface area contributed by atoms with Crippen molar-refractivity contribution < 1.29 is 0 Å². The number of aryl methyl sites for hydroxylation is 1. The van der Waals surface area contributed by atoms with Crippen molar-refractivity contribution in [3.63, 3.8) is 0 Å². The molecule has 0 saturated heterocycles. The number of para-hydroxylation sites is 1. The highest BCUT2D eigenvalue weighted by atomic mass is 15.0. The molecule has 100 valence electrons. The summed E-state index contributed by atoms with van der Waals surface area (Å²) in [6.07, 6.45) is 1.10. The maximum absolute atomic E-state index is 3.50. The fourth-order valence-corrected chi connectivity index (χ4v) is 3.30. The van der Waals surface area contributed by atoms with Crippen LogP contribution in [0.5, 0.6) is 0 Å². The summed E-state index contributed by atoms with van der Waals surface area (Å²) < 4.78 is 2.44. The molecule has 1 aliphatic rings. The first-order chi connectivity index (χ1) is 9.84. The summed E-state index contributed by atoms with van der Waals surface area (Å²) in [5, 5.41) is 4.88. The zero-order chi connectivity index (χ0) is 13.5. The first kappa shape index (κ1) is 11.7. The van der Waals surface area contributed by atoms with E-state index in [1.54, 1.807) is 0 Å². The van der Waals surface area contributed by atoms with Gasteiger partial charge in [-0.25, -0.2) is 0 Å². The number of fused-ring (bicyclic) bond motifs is 3. The molecule has 0 radical (unpaired) electrons. The summed E-state index contributed by atoms with van der Waals surface area (Å²) in [6.45, 7) is 4.20. The number of hydrogen-bond donors (Lipinski definition) is 1. The Balaban J connectivity index is 2.08. The van der Waals surface area contributed by atoms with E-state index in [-0.39, 0.29) is 0 Å². The largest absolute Gasteiger partial charge is 0.313 e. The summed E-state index contributed by atoms with van der Waals surface area (Å²) in [6, 6.07) is 17.5. The van der Waals surface area contributed by atoms with E-state index in [1.165, 1.54) is 33.4 Å². The smallest absolute Gasteiger partial charge is 0.0534 e. The van der Waals surface area contributed by atoms with Crippen LogP contribution < -0.4 is 5.32 Å². The number of hydrogen-bond acceptors (Lipinski definition) is 1. The maximum atomic E-state index is 3.50. The predicted octanol–water partition coefficient (Wildman–Crippen LogP) is 3.58. The fraction of sp³-hybridized carbons (Fsp3) is 0.222. The van der Waals surface area contributed by atoms with Crippen molar-refractivity contribution in [2.75, 3.05) is 6.54 Å². The monoisotopic (exact) mass is 262 g/mol. The van der Waals surface area contributed by atoms with Crippen molar-refractivity contribution in [1.82, 2.24) is 9.88 Å². The standard InChI is InChI=1S/C18H18N2/c1-13-5-4-6-14(11-13)20-17-8-3-2-7-15(17)16-12-19-10-9-18(16)20/h2-8,11,19H,9-10,12H2,1H3. The van der Waals surface area contributed by atoms with Gasteiger partial charge in [-0.3, -0.25) is 0 Å². The highest BCUT2D eigenvalue weighted by molar-refractivity contribution is 5.87. The van der Waals surface area contributed by atoms with Gasteiger partial charge < -0.3 is 9.88 Å². The van der Waals surface area contributed by atoms with E-state index in [0.717, 1.165) is 19.5 Å². The molecule has 0 atom stereocenters. The quantitative estimate of drug-likeness (QED) is 0.709. The fourth-order valence-electron chi connectivity index (χ4n) is 3.30. The molecule has 0 aliphatic carbocycles. The average molecular weight is 262 g/mol. The minimum absolute atomic E-state index is 0.981. The molecule has 0 spiro atoms. The van der Waals surface area contributed by atoms with Gasteiger partial charge in [0.05, 0.1) is 5.52 Å². The van der Waals surface area contributed by atoms with Crippen LogP contribution in [-0.4, -0.2) is 11.1 Å². The Hall–Kier alpha value is -2.06. The second kappa shape index (κ2) is 4.50. The maximum Gasteiger partial charge on any atom is 0.0534 e. The predicted molar refractivity (Wildman–Crippen MR) is 83.4 cm³/mol. The van der Waals surface area contributed by atoms with Crippen molar-refractivity contribution in [2.45, 2.75) is 19.9 Å². The Morgan fingerprint density at radius 3 is 2.85 bits per heavy atom. The molecule has 2 heteroatoms. The van der Waals surface area contributed by atoms with E-state index in [4.69, 9.17) is 0 Å². The lowest BCUT2D eigenvalue weighted by Crippen LogP contribution is -2.24. The van der Waals surface area contributed by atoms with Gasteiger partial charge in [-0.05, 0) is 36.2 Å². The molecule has 4 rings (SSSR count). The zero-order valence-electron chi connectivity index (χ0n) is 11.7. The van der Waals surface area contributed by atoms with E-state index in [0.29, 0.717) is 0 Å². The molecule has 1 N–H and O–H groups in total. The Kier molecular flexibility index (Phi) is 2.64. The van der Waals surface area contributed by atoms with Crippen LogP contribution in [0.1, 0.15) is 16.8 Å². The first-order valence-electron chi connectivity index (χ1n) is 7.23. The van der Waals surface area contributed by atoms with Crippen LogP contribution in [0.25, 0.3) is 16.6 Å². The third-order valence-electron chi connectivity index (χ3n) is 4.19. The second-order valence-corrected chi connectivity index (χ2v) is 5.54. The zero-order valence-corrected chi connectivity index (χ0v) is 11.7. The Morgan fingerprint density at radius 1 is 1.05 bits per heavy atom. The average Bonchev–Trinajstić information content (AvgIpc) is 2.82. The SMILES string of the molecule is Cc1cccc(-n2c3c(c4ccccc42)CNCC3)c1. The van der Waals surface area contributed by atoms with Gasteiger partial charge in [-0.15, -0.1) is 0 Å². The highest BCUT2D eigenvalue weighted by Gasteiger charge is 2.20. The molecule has 2 aromatic carbocycles. The molecule has 1 aromatic heterocycles. The molecule has 0 fully saturated rings. The molecule has 0 bridgehead atoms. The van der Waals surface area contributed by atoms with E-state index in [1.807, 2.05) is 0 Å². The van der Waals surface area contributed by atoms with Crippen LogP contribution in [0, 0.1) is 6.92 Å². The van der Waals surface area contributed by atoms with Crippen LogP contribution in [-0.2, 0) is 13.0 Å². The lowest BCUT2D eigenvalue weighted by atomic mass is 10.1. The molecule has 2 heterocycles. The topological polar surface area (TPSA) is 17.0 Å². The van der Waals surface area contributed by atoms with Gasteiger partial charge in [0.15, 0.2) is 0 Å². The van der Waals surface area contributed by atoms with E-state index >= 15 is 0 Å². The molecule has 20 heavy (non-hydrogen) atoms. The number of rotatable bonds is 1. The van der Waals surface area contributed by atoms with Crippen LogP contribution >= 0.6 is 0 Å². The summed E-state index contributed by atoms with van der Waals surface area (Å²) in [5.41, 5.74) is 6.85. The van der Waals surface area contributed by atoms with Crippen molar-refractivity contribution in [3.05, 3.63) is 65.4 Å². The van der Waals surface area contributed by atoms with E-state index < -0.39 is 0 Å². The van der Waals surface area contributed by atoms with Crippen LogP contribution in [0.2, 0.25) is 0 Å². The van der Waals surface area contributed by atoms with Gasteiger partial charge in [0.1, 0.15) is 0 Å². The summed E-state index contributed by atoms with van der Waals surface area (Å²) in [4.78, 5) is 0. The molecule has 2 nitrogen and oxygen atoms in total. The molecule has 0 amide bonds. The Bertz CT molecular complexity index is 783. The number of nitrogens with zero attached hydrogens (tertiary/aromatic N) is 1. The molecular weight excluding hydrogens is 244 g/mol. The molecule has 0 unspecified atom stereocenters.